The maximum atomic E-state index is 12.7. The SMILES string of the molecule is CCCC/C=C\CCCCCCCC(=O)OCC(COCCCCCCCCCCCC/C=C\CCCCCCCC)OC(=O)CCCCCCC/C=C\CCCC. The molecular formula is C53H98O5. The van der Waals surface area contributed by atoms with Crippen LogP contribution in [-0.2, 0) is 23.8 Å². The number of ether oxygens (including phenoxy) is 3. The van der Waals surface area contributed by atoms with Gasteiger partial charge in [0.25, 0.3) is 0 Å². The zero-order chi connectivity index (χ0) is 42.1. The molecule has 0 aliphatic heterocycles. The molecule has 0 fully saturated rings. The first-order valence-corrected chi connectivity index (χ1v) is 25.5. The number of unbranched alkanes of at least 4 members (excludes halogenated alkanes) is 30. The molecule has 1 unspecified atom stereocenters. The zero-order valence-electron chi connectivity index (χ0n) is 39.1. The number of carbonyl (C=O) groups is 2. The summed E-state index contributed by atoms with van der Waals surface area (Å²) in [5, 5.41) is 0. The topological polar surface area (TPSA) is 61.8 Å². The molecular weight excluding hydrogens is 717 g/mol. The summed E-state index contributed by atoms with van der Waals surface area (Å²) in [6.07, 6.45) is 58.7. The number of esters is 2. The predicted molar refractivity (Wildman–Crippen MR) is 252 cm³/mol. The molecule has 0 aromatic heterocycles. The Morgan fingerprint density at radius 3 is 1.10 bits per heavy atom. The highest BCUT2D eigenvalue weighted by Gasteiger charge is 2.17. The quantitative estimate of drug-likeness (QED) is 0.0348. The Morgan fingerprint density at radius 1 is 0.362 bits per heavy atom. The summed E-state index contributed by atoms with van der Waals surface area (Å²) in [5.41, 5.74) is 0. The molecule has 0 heterocycles. The molecule has 0 amide bonds. The largest absolute Gasteiger partial charge is 0.462 e. The number of carbonyl (C=O) groups excluding carboxylic acids is 2. The third-order valence-electron chi connectivity index (χ3n) is 11.1. The van der Waals surface area contributed by atoms with E-state index in [2.05, 4.69) is 57.2 Å². The summed E-state index contributed by atoms with van der Waals surface area (Å²) in [7, 11) is 0. The van der Waals surface area contributed by atoms with Crippen LogP contribution in [-0.4, -0.2) is 37.9 Å². The first kappa shape index (κ1) is 56.1. The molecule has 0 aliphatic rings. The molecule has 0 saturated carbocycles. The maximum Gasteiger partial charge on any atom is 0.306 e. The van der Waals surface area contributed by atoms with Crippen molar-refractivity contribution >= 4 is 11.9 Å². The predicted octanol–water partition coefficient (Wildman–Crippen LogP) is 17.0. The van der Waals surface area contributed by atoms with Crippen LogP contribution in [0, 0.1) is 0 Å². The van der Waals surface area contributed by atoms with Crippen LogP contribution >= 0.6 is 0 Å². The number of allylic oxidation sites excluding steroid dienone is 6. The van der Waals surface area contributed by atoms with Crippen molar-refractivity contribution in [3.63, 3.8) is 0 Å². The van der Waals surface area contributed by atoms with Gasteiger partial charge in [-0.1, -0.05) is 205 Å². The van der Waals surface area contributed by atoms with Crippen molar-refractivity contribution in [2.75, 3.05) is 19.8 Å². The average molecular weight is 815 g/mol. The van der Waals surface area contributed by atoms with Crippen LogP contribution in [0.4, 0.5) is 0 Å². The Bertz CT molecular complexity index is 924. The summed E-state index contributed by atoms with van der Waals surface area (Å²) in [4.78, 5) is 25.3. The van der Waals surface area contributed by atoms with Gasteiger partial charge in [0.2, 0.25) is 0 Å². The van der Waals surface area contributed by atoms with Gasteiger partial charge in [-0.3, -0.25) is 9.59 Å². The lowest BCUT2D eigenvalue weighted by molar-refractivity contribution is -0.163. The van der Waals surface area contributed by atoms with Crippen LogP contribution in [0.15, 0.2) is 36.5 Å². The van der Waals surface area contributed by atoms with Gasteiger partial charge in [0, 0.05) is 19.4 Å². The van der Waals surface area contributed by atoms with Crippen molar-refractivity contribution in [1.82, 2.24) is 0 Å². The van der Waals surface area contributed by atoms with Gasteiger partial charge >= 0.3 is 11.9 Å². The average Bonchev–Trinajstić information content (AvgIpc) is 3.22. The lowest BCUT2D eigenvalue weighted by Gasteiger charge is -2.18. The van der Waals surface area contributed by atoms with Gasteiger partial charge in [0.15, 0.2) is 6.10 Å². The van der Waals surface area contributed by atoms with Crippen LogP contribution in [0.3, 0.4) is 0 Å². The van der Waals surface area contributed by atoms with Crippen LogP contribution in [0.5, 0.6) is 0 Å². The van der Waals surface area contributed by atoms with Crippen molar-refractivity contribution in [3.8, 4) is 0 Å². The molecule has 0 radical (unpaired) electrons. The second-order valence-electron chi connectivity index (χ2n) is 17.1. The molecule has 0 aromatic rings. The molecule has 0 rings (SSSR count). The number of rotatable bonds is 47. The van der Waals surface area contributed by atoms with E-state index in [0.29, 0.717) is 19.4 Å². The summed E-state index contributed by atoms with van der Waals surface area (Å²) in [6.45, 7) is 7.76. The molecule has 0 aromatic carbocycles. The second kappa shape index (κ2) is 49.5. The third kappa shape index (κ3) is 46.8. The molecule has 0 N–H and O–H groups in total. The monoisotopic (exact) mass is 815 g/mol. The Morgan fingerprint density at radius 2 is 0.690 bits per heavy atom. The fraction of sp³-hybridized carbons (Fsp3) is 0.849. The molecule has 0 saturated heterocycles. The van der Waals surface area contributed by atoms with Gasteiger partial charge < -0.3 is 14.2 Å². The van der Waals surface area contributed by atoms with Crippen molar-refractivity contribution < 1.29 is 23.8 Å². The van der Waals surface area contributed by atoms with Crippen molar-refractivity contribution in [1.29, 1.82) is 0 Å². The normalized spacial score (nSPS) is 12.4. The lowest BCUT2D eigenvalue weighted by Crippen LogP contribution is -2.30. The fourth-order valence-corrected chi connectivity index (χ4v) is 7.23. The number of hydrogen-bond donors (Lipinski definition) is 0. The summed E-state index contributed by atoms with van der Waals surface area (Å²) < 4.78 is 17.4. The summed E-state index contributed by atoms with van der Waals surface area (Å²) in [5.74, 6) is -0.411. The Labute approximate surface area is 361 Å². The first-order chi connectivity index (χ1) is 28.6. The molecule has 0 spiro atoms. The highest BCUT2D eigenvalue weighted by molar-refractivity contribution is 5.70. The van der Waals surface area contributed by atoms with Crippen LogP contribution in [0.25, 0.3) is 0 Å². The minimum absolute atomic E-state index is 0.0800. The molecule has 5 nitrogen and oxygen atoms in total. The summed E-state index contributed by atoms with van der Waals surface area (Å²) in [6, 6.07) is 0. The van der Waals surface area contributed by atoms with E-state index in [1.54, 1.807) is 0 Å². The van der Waals surface area contributed by atoms with E-state index in [4.69, 9.17) is 14.2 Å². The molecule has 58 heavy (non-hydrogen) atoms. The Kier molecular flexibility index (Phi) is 47.9. The zero-order valence-corrected chi connectivity index (χ0v) is 39.1. The van der Waals surface area contributed by atoms with Crippen molar-refractivity contribution in [3.05, 3.63) is 36.5 Å². The molecule has 0 aliphatic carbocycles. The first-order valence-electron chi connectivity index (χ1n) is 25.5. The van der Waals surface area contributed by atoms with E-state index < -0.39 is 6.10 Å². The Balaban J connectivity index is 4.16. The Hall–Kier alpha value is -1.88. The van der Waals surface area contributed by atoms with Crippen LogP contribution in [0.1, 0.15) is 265 Å². The van der Waals surface area contributed by atoms with Gasteiger partial charge in [0.05, 0.1) is 6.61 Å². The highest BCUT2D eigenvalue weighted by atomic mass is 16.6. The standard InChI is InChI=1S/C53H98O5/c1-4-7-10-13-16-19-22-23-24-25-26-27-28-29-30-33-36-39-42-45-48-56-49-51(58-53(55)47-44-41-38-35-32-21-18-15-12-9-6-3)50-57-52(54)46-43-40-37-34-31-20-17-14-11-8-5-2/h14-15,17-18,23-24,51H,4-13,16,19-22,25-50H2,1-3H3/b17-14-,18-15-,24-23-. The minimum atomic E-state index is -0.539. The van der Waals surface area contributed by atoms with Gasteiger partial charge in [-0.15, -0.1) is 0 Å². The summed E-state index contributed by atoms with van der Waals surface area (Å²) >= 11 is 0. The molecule has 1 atom stereocenters. The molecule has 0 bridgehead atoms. The molecule has 340 valence electrons. The van der Waals surface area contributed by atoms with E-state index in [1.807, 2.05) is 0 Å². The van der Waals surface area contributed by atoms with E-state index in [-0.39, 0.29) is 25.2 Å². The van der Waals surface area contributed by atoms with E-state index in [9.17, 15) is 9.59 Å². The lowest BCUT2D eigenvalue weighted by atomic mass is 10.1. The van der Waals surface area contributed by atoms with Gasteiger partial charge in [-0.05, 0) is 83.5 Å². The second-order valence-corrected chi connectivity index (χ2v) is 17.1. The van der Waals surface area contributed by atoms with Crippen molar-refractivity contribution in [2.45, 2.75) is 271 Å². The van der Waals surface area contributed by atoms with E-state index >= 15 is 0 Å². The third-order valence-corrected chi connectivity index (χ3v) is 11.1. The molecule has 5 heteroatoms. The maximum absolute atomic E-state index is 12.7. The minimum Gasteiger partial charge on any atom is -0.462 e. The number of hydrogen-bond acceptors (Lipinski definition) is 5. The van der Waals surface area contributed by atoms with Gasteiger partial charge in [0.1, 0.15) is 6.61 Å². The van der Waals surface area contributed by atoms with Gasteiger partial charge in [-0.25, -0.2) is 0 Å². The van der Waals surface area contributed by atoms with E-state index in [0.717, 1.165) is 64.2 Å². The van der Waals surface area contributed by atoms with Crippen LogP contribution in [0.2, 0.25) is 0 Å². The highest BCUT2D eigenvalue weighted by Crippen LogP contribution is 2.14. The van der Waals surface area contributed by atoms with E-state index in [1.165, 1.54) is 167 Å². The van der Waals surface area contributed by atoms with Crippen molar-refractivity contribution in [2.24, 2.45) is 0 Å². The smallest absolute Gasteiger partial charge is 0.306 e. The van der Waals surface area contributed by atoms with Gasteiger partial charge in [-0.2, -0.15) is 0 Å². The fourth-order valence-electron chi connectivity index (χ4n) is 7.23. The van der Waals surface area contributed by atoms with Crippen LogP contribution < -0.4 is 0 Å².